The second-order valence-electron chi connectivity index (χ2n) is 18.5. The quantitative estimate of drug-likeness (QED) is 0.102. The molecule has 61 heavy (non-hydrogen) atoms. The molecular weight excluding hydrogens is 834 g/mol. The third kappa shape index (κ3) is 6.13. The summed E-state index contributed by atoms with van der Waals surface area (Å²) in [5, 5.41) is 14.0. The number of nitriles is 1. The molecule has 3 aliphatic heterocycles. The Bertz CT molecular complexity index is 3280. The standard InChI is InChI=1S/C50H50N3O4PS3/c1-28(2)52-39-20-17-33(23-37(39)30(5)49(52,7)8)43-25-41-47(59-43)46(36-19-16-32(27-51)22-45(36)61(55,56)57)48-42(58(41,54)35-14-12-11-13-15-35)26-44(60-48)34-18-21-40-38(24-34)31(6)50(9,10)53(40)29(3)4/h11-26,28-31H,1-10H3/p+1. The Hall–Kier alpha value is -4.62. The summed E-state index contributed by atoms with van der Waals surface area (Å²) in [6.07, 6.45) is 0. The Morgan fingerprint density at radius 2 is 1.56 bits per heavy atom. The summed E-state index contributed by atoms with van der Waals surface area (Å²) in [4.78, 5) is 3.74. The molecule has 2 aromatic heterocycles. The van der Waals surface area contributed by atoms with Crippen LogP contribution in [-0.2, 0) is 14.7 Å². The van der Waals surface area contributed by atoms with Crippen LogP contribution in [0.25, 0.3) is 16.0 Å². The normalized spacial score (nSPS) is 21.7. The van der Waals surface area contributed by atoms with Crippen molar-refractivity contribution in [2.75, 3.05) is 4.90 Å². The number of nitrogens with zero attached hydrogens (tertiary/aromatic N) is 3. The maximum absolute atomic E-state index is 16.6. The molecule has 4 aromatic carbocycles. The largest absolute Gasteiger partial charge is 0.363 e. The minimum Gasteiger partial charge on any atom is -0.363 e. The van der Waals surface area contributed by atoms with Gasteiger partial charge in [-0.3, -0.25) is 4.55 Å². The topological polar surface area (TPSA) is 101 Å². The average Bonchev–Trinajstić information content (AvgIpc) is 3.95. The molecule has 1 N–H and O–H groups in total. The molecule has 6 aromatic rings. The molecular formula is C50H51N3O4PS3+. The fourth-order valence-corrected chi connectivity index (χ4v) is 17.6. The molecule has 7 nitrogen and oxygen atoms in total. The number of rotatable bonds is 6. The van der Waals surface area contributed by atoms with E-state index in [0.717, 1.165) is 20.2 Å². The molecule has 0 saturated heterocycles. The third-order valence-corrected chi connectivity index (χ3v) is 20.5. The first-order chi connectivity index (χ1) is 28.7. The number of fused-ring (bicyclic) bond motifs is 4. The lowest BCUT2D eigenvalue weighted by Crippen LogP contribution is -2.47. The summed E-state index contributed by atoms with van der Waals surface area (Å²) >= 11 is 2.99. The first kappa shape index (κ1) is 41.7. The molecule has 0 radical (unpaired) electrons. The van der Waals surface area contributed by atoms with E-state index in [9.17, 15) is 18.2 Å². The minimum absolute atomic E-state index is 0.0948. The molecule has 312 valence electrons. The van der Waals surface area contributed by atoms with E-state index in [4.69, 9.17) is 0 Å². The van der Waals surface area contributed by atoms with Crippen LogP contribution in [0.1, 0.15) is 108 Å². The predicted octanol–water partition coefficient (Wildman–Crippen LogP) is 8.99. The fourth-order valence-electron chi connectivity index (χ4n) is 10.5. The van der Waals surface area contributed by atoms with Gasteiger partial charge in [-0.05, 0) is 106 Å². The van der Waals surface area contributed by atoms with E-state index in [2.05, 4.69) is 127 Å². The molecule has 3 unspecified atom stereocenters. The number of benzene rings is 4. The van der Waals surface area contributed by atoms with Gasteiger partial charge in [0.05, 0.1) is 17.6 Å². The van der Waals surface area contributed by atoms with E-state index in [1.165, 1.54) is 50.9 Å². The highest BCUT2D eigenvalue weighted by Crippen LogP contribution is 2.53. The molecule has 5 heterocycles. The maximum Gasteiger partial charge on any atom is 0.295 e. The molecule has 0 saturated carbocycles. The second kappa shape index (κ2) is 14.2. The van der Waals surface area contributed by atoms with Crippen molar-refractivity contribution in [3.05, 3.63) is 144 Å². The van der Waals surface area contributed by atoms with Crippen molar-refractivity contribution in [2.24, 2.45) is 0 Å². The van der Waals surface area contributed by atoms with E-state index < -0.39 is 17.3 Å². The van der Waals surface area contributed by atoms with Crippen LogP contribution in [0, 0.1) is 21.1 Å². The smallest absolute Gasteiger partial charge is 0.295 e. The average molecular weight is 885 g/mol. The van der Waals surface area contributed by atoms with Gasteiger partial charge in [0, 0.05) is 94.5 Å². The number of thiophene rings is 2. The van der Waals surface area contributed by atoms with Gasteiger partial charge in [0.15, 0.2) is 12.7 Å². The van der Waals surface area contributed by atoms with E-state index in [-0.39, 0.29) is 38.9 Å². The first-order valence-corrected chi connectivity index (χ1v) is 25.7. The number of hydrogen-bond acceptors (Lipinski definition) is 7. The zero-order chi connectivity index (χ0) is 43.7. The highest BCUT2D eigenvalue weighted by atomic mass is 32.2. The Morgan fingerprint density at radius 3 is 2.21 bits per heavy atom. The second-order valence-corrected chi connectivity index (χ2v) is 24.7. The molecule has 3 aliphatic rings. The highest BCUT2D eigenvalue weighted by Gasteiger charge is 2.47. The lowest BCUT2D eigenvalue weighted by atomic mass is 9.85. The van der Waals surface area contributed by atoms with Gasteiger partial charge in [-0.25, -0.2) is 4.58 Å². The van der Waals surface area contributed by atoms with E-state index in [1.54, 1.807) is 12.1 Å². The Balaban J connectivity index is 1.40. The van der Waals surface area contributed by atoms with Crippen LogP contribution in [-0.4, -0.2) is 36.1 Å². The SMILES string of the molecule is CC(C)N1c2ccc(-c3cc4c(s3)C(c3ccc(C#N)cc3S(=O)(=O)O)=c3s/c(=c5/ccc6c(c5)C(C)C(C)(C)[N+]=6C(C)C)cc3P4(=O)c3ccccc3)cc2C(C)C1(C)C. The lowest BCUT2D eigenvalue weighted by molar-refractivity contribution is 0.276. The summed E-state index contributed by atoms with van der Waals surface area (Å²) in [5.74, 6) is 0.500. The zero-order valence-corrected chi connectivity index (χ0v) is 39.6. The van der Waals surface area contributed by atoms with Crippen molar-refractivity contribution in [1.29, 1.82) is 5.26 Å². The van der Waals surface area contributed by atoms with Gasteiger partial charge in [-0.15, -0.1) is 22.7 Å². The molecule has 0 bridgehead atoms. The Morgan fingerprint density at radius 1 is 0.836 bits per heavy atom. The zero-order valence-electron chi connectivity index (χ0n) is 36.2. The van der Waals surface area contributed by atoms with Crippen molar-refractivity contribution in [3.8, 4) is 16.5 Å². The van der Waals surface area contributed by atoms with Crippen LogP contribution < -0.4 is 35.3 Å². The van der Waals surface area contributed by atoms with Gasteiger partial charge in [0.2, 0.25) is 5.36 Å². The summed E-state index contributed by atoms with van der Waals surface area (Å²) < 4.78 is 58.1. The van der Waals surface area contributed by atoms with Crippen LogP contribution in [0.4, 0.5) is 5.69 Å². The molecule has 9 rings (SSSR count). The summed E-state index contributed by atoms with van der Waals surface area (Å²) in [6, 6.07) is 34.0. The Labute approximate surface area is 366 Å². The third-order valence-electron chi connectivity index (χ3n) is 13.8. The van der Waals surface area contributed by atoms with Gasteiger partial charge in [0.25, 0.3) is 10.1 Å². The maximum atomic E-state index is 16.6. The fraction of sp³-hybridized carbons (Fsp3) is 0.320. The van der Waals surface area contributed by atoms with E-state index in [1.807, 2.05) is 36.4 Å². The lowest BCUT2D eigenvalue weighted by Gasteiger charge is -2.40. The molecule has 0 fully saturated rings. The molecule has 11 heteroatoms. The van der Waals surface area contributed by atoms with Crippen molar-refractivity contribution in [3.63, 3.8) is 0 Å². The number of anilines is 1. The van der Waals surface area contributed by atoms with E-state index in [0.29, 0.717) is 43.0 Å². The highest BCUT2D eigenvalue weighted by molar-refractivity contribution is 7.86. The Kier molecular flexibility index (Phi) is 9.71. The summed E-state index contributed by atoms with van der Waals surface area (Å²) in [7, 11) is -8.40. The monoisotopic (exact) mass is 884 g/mol. The van der Waals surface area contributed by atoms with Crippen LogP contribution in [0.5, 0.6) is 0 Å². The molecule has 0 spiro atoms. The minimum atomic E-state index is -4.81. The first-order valence-electron chi connectivity index (χ1n) is 20.9. The van der Waals surface area contributed by atoms with Gasteiger partial charge >= 0.3 is 0 Å². The number of hydrogen-bond donors (Lipinski definition) is 1. The van der Waals surface area contributed by atoms with Crippen LogP contribution in [0.3, 0.4) is 0 Å². The van der Waals surface area contributed by atoms with Crippen LogP contribution >= 0.6 is 29.8 Å². The van der Waals surface area contributed by atoms with Crippen LogP contribution in [0.2, 0.25) is 0 Å². The molecule has 0 amide bonds. The van der Waals surface area contributed by atoms with Crippen molar-refractivity contribution in [2.45, 2.75) is 109 Å². The van der Waals surface area contributed by atoms with E-state index >= 15 is 4.57 Å². The molecule has 0 aliphatic carbocycles. The summed E-state index contributed by atoms with van der Waals surface area (Å²) in [5.41, 5.74) is 5.49. The van der Waals surface area contributed by atoms with Gasteiger partial charge in [0.1, 0.15) is 10.9 Å². The van der Waals surface area contributed by atoms with Gasteiger partial charge in [-0.2, -0.15) is 13.7 Å². The molecule has 3 atom stereocenters. The van der Waals surface area contributed by atoms with Crippen molar-refractivity contribution < 1.29 is 17.5 Å². The van der Waals surface area contributed by atoms with Gasteiger partial charge < -0.3 is 9.46 Å². The van der Waals surface area contributed by atoms with Gasteiger partial charge in [-0.1, -0.05) is 56.3 Å². The predicted molar refractivity (Wildman–Crippen MR) is 252 cm³/mol. The van der Waals surface area contributed by atoms with Crippen molar-refractivity contribution in [1.82, 2.24) is 4.58 Å². The van der Waals surface area contributed by atoms with Crippen LogP contribution in [0.15, 0.2) is 102 Å². The summed E-state index contributed by atoms with van der Waals surface area (Å²) in [6.45, 7) is 22.6. The van der Waals surface area contributed by atoms with Crippen molar-refractivity contribution >= 4 is 67.1 Å².